The van der Waals surface area contributed by atoms with E-state index in [0.717, 1.165) is 69.2 Å². The molecule has 1 aliphatic carbocycles. The summed E-state index contributed by atoms with van der Waals surface area (Å²) in [5, 5.41) is 19.5. The van der Waals surface area contributed by atoms with Crippen molar-refractivity contribution < 1.29 is 28.3 Å². The van der Waals surface area contributed by atoms with Crippen LogP contribution in [-0.4, -0.2) is 43.6 Å². The second-order valence-electron chi connectivity index (χ2n) is 16.0. The first-order valence-corrected chi connectivity index (χ1v) is 19.1. The van der Waals surface area contributed by atoms with Crippen molar-refractivity contribution in [2.24, 2.45) is 11.8 Å². The molecule has 7 heterocycles. The molecule has 3 aromatic heterocycles. The summed E-state index contributed by atoms with van der Waals surface area (Å²) in [5.74, 6) is 0.938. The van der Waals surface area contributed by atoms with Gasteiger partial charge in [-0.2, -0.15) is 0 Å². The molecule has 11 heteroatoms. The highest BCUT2D eigenvalue weighted by Gasteiger charge is 2.61. The highest BCUT2D eigenvalue weighted by molar-refractivity contribution is 6.07. The normalized spacial score (nSPS) is 24.2. The highest BCUT2D eigenvalue weighted by atomic mass is 16.5. The molecule has 54 heavy (non-hydrogen) atoms. The highest BCUT2D eigenvalue weighted by Crippen LogP contribution is 2.61. The Hall–Kier alpha value is -5.68. The maximum Gasteiger partial charge on any atom is 0.249 e. The molecule has 4 aliphatic heterocycles. The number of benzene rings is 3. The molecule has 6 aromatic rings. The molecule has 1 unspecified atom stereocenters. The Bertz CT molecular complexity index is 2560. The maximum absolute atomic E-state index is 14.4. The summed E-state index contributed by atoms with van der Waals surface area (Å²) in [6.07, 6.45) is 6.71. The first-order valence-electron chi connectivity index (χ1n) is 19.1. The van der Waals surface area contributed by atoms with Crippen LogP contribution in [0, 0.1) is 11.8 Å². The zero-order chi connectivity index (χ0) is 36.5. The summed E-state index contributed by atoms with van der Waals surface area (Å²) in [6.45, 7) is 4.01. The van der Waals surface area contributed by atoms with Gasteiger partial charge in [0.1, 0.15) is 22.8 Å². The Balaban J connectivity index is 1.18. The third kappa shape index (κ3) is 4.27. The summed E-state index contributed by atoms with van der Waals surface area (Å²) in [6, 6.07) is 17.9. The molecule has 5 aliphatic rings. The van der Waals surface area contributed by atoms with Crippen LogP contribution < -0.4 is 15.4 Å². The molecule has 4 N–H and O–H groups in total. The number of nitrogens with one attached hydrogen (secondary N) is 3. The van der Waals surface area contributed by atoms with E-state index in [-0.39, 0.29) is 29.9 Å². The molecule has 1 amide bonds. The second kappa shape index (κ2) is 11.2. The molecule has 0 radical (unpaired) electrons. The molecule has 4 atom stereocenters. The number of oxazole rings is 2. The number of para-hydroxylation sites is 1. The fraction of sp³-hybridized carbons (Fsp3) is 0.349. The molecule has 10 bridgehead atoms. The van der Waals surface area contributed by atoms with Gasteiger partial charge in [0.25, 0.3) is 0 Å². The summed E-state index contributed by atoms with van der Waals surface area (Å²) in [7, 11) is 0. The fourth-order valence-electron chi connectivity index (χ4n) is 9.80. The Morgan fingerprint density at radius 3 is 2.67 bits per heavy atom. The van der Waals surface area contributed by atoms with Gasteiger partial charge < -0.3 is 34.3 Å². The summed E-state index contributed by atoms with van der Waals surface area (Å²) in [5.41, 5.74) is 5.47. The van der Waals surface area contributed by atoms with E-state index < -0.39 is 29.2 Å². The third-order valence-electron chi connectivity index (χ3n) is 12.6. The van der Waals surface area contributed by atoms with Crippen molar-refractivity contribution in [1.29, 1.82) is 0 Å². The van der Waals surface area contributed by atoms with Gasteiger partial charge in [-0.05, 0) is 48.4 Å². The van der Waals surface area contributed by atoms with Gasteiger partial charge in [0, 0.05) is 57.4 Å². The number of anilines is 1. The summed E-state index contributed by atoms with van der Waals surface area (Å²) < 4.78 is 20.5. The predicted molar refractivity (Wildman–Crippen MR) is 200 cm³/mol. The van der Waals surface area contributed by atoms with E-state index in [9.17, 15) is 14.7 Å². The van der Waals surface area contributed by atoms with E-state index in [1.807, 2.05) is 38.2 Å². The summed E-state index contributed by atoms with van der Waals surface area (Å²) in [4.78, 5) is 41.6. The van der Waals surface area contributed by atoms with Gasteiger partial charge in [-0.1, -0.05) is 75.6 Å². The zero-order valence-corrected chi connectivity index (χ0v) is 30.0. The smallest absolute Gasteiger partial charge is 0.249 e. The van der Waals surface area contributed by atoms with Gasteiger partial charge in [-0.15, -0.1) is 0 Å². The minimum atomic E-state index is -1.41. The van der Waals surface area contributed by atoms with Gasteiger partial charge in [0.05, 0.1) is 6.20 Å². The van der Waals surface area contributed by atoms with Crippen molar-refractivity contribution in [3.8, 4) is 39.8 Å². The second-order valence-corrected chi connectivity index (χ2v) is 16.0. The van der Waals surface area contributed by atoms with Crippen molar-refractivity contribution in [2.45, 2.75) is 82.1 Å². The minimum absolute atomic E-state index is 0.0739. The number of Topliss-reactive ketones (excluding diaryl/α,β-unsaturated/α-hetero) is 1. The van der Waals surface area contributed by atoms with Gasteiger partial charge in [-0.3, -0.25) is 9.59 Å². The number of carbonyl (C=O) groups excluding carboxylic acids is 2. The number of nitrogens with zero attached hydrogens (tertiary/aromatic N) is 2. The Morgan fingerprint density at radius 1 is 0.981 bits per heavy atom. The molecule has 1 saturated carbocycles. The number of hydrogen-bond donors (Lipinski definition) is 4. The van der Waals surface area contributed by atoms with E-state index in [1.165, 1.54) is 0 Å². The number of amides is 1. The molecular weight excluding hydrogens is 683 g/mol. The van der Waals surface area contributed by atoms with Crippen LogP contribution in [0.15, 0.2) is 75.8 Å². The lowest BCUT2D eigenvalue weighted by molar-refractivity contribution is -0.144. The lowest BCUT2D eigenvalue weighted by Gasteiger charge is -2.32. The van der Waals surface area contributed by atoms with E-state index in [1.54, 1.807) is 6.20 Å². The lowest BCUT2D eigenvalue weighted by Crippen LogP contribution is -2.44. The van der Waals surface area contributed by atoms with Crippen molar-refractivity contribution in [2.75, 3.05) is 5.32 Å². The van der Waals surface area contributed by atoms with Crippen LogP contribution in [0.25, 0.3) is 44.9 Å². The van der Waals surface area contributed by atoms with E-state index in [2.05, 4.69) is 52.0 Å². The van der Waals surface area contributed by atoms with Crippen molar-refractivity contribution in [3.63, 3.8) is 0 Å². The molecule has 272 valence electrons. The largest absolute Gasteiger partial charge is 0.469 e. The van der Waals surface area contributed by atoms with Gasteiger partial charge in [0.2, 0.25) is 17.7 Å². The van der Waals surface area contributed by atoms with Crippen LogP contribution in [0.4, 0.5) is 5.69 Å². The van der Waals surface area contributed by atoms with Gasteiger partial charge in [-0.25, -0.2) is 9.97 Å². The van der Waals surface area contributed by atoms with E-state index in [0.29, 0.717) is 48.1 Å². The average molecular weight is 722 g/mol. The number of aromatic amines is 1. The number of fused-ring (bicyclic) bond motifs is 7. The minimum Gasteiger partial charge on any atom is -0.469 e. The lowest BCUT2D eigenvalue weighted by atomic mass is 9.71. The Labute approximate surface area is 310 Å². The Kier molecular flexibility index (Phi) is 6.58. The standard InChI is InChI=1S/C43H39N5O6/c1-21(2)34-40-47-36-37(54-40)43-27-10-6-9-25(24-8-7-11-29-33(24)26(19-44-29)31-20-45-39(36)52-31)35(27)48-41(43)53-30-13-12-22(17-28(30)43)16-23(38(50)46-34)18-32(49)42(51)14-4-3-5-15-42/h6-13,17,19-21,23,34,41,44,48,51H,3-5,14-16,18H2,1-2H3,(H,46,50)/t23-,34+,41+,43?/m1/s1. The first-order chi connectivity index (χ1) is 26.2. The zero-order valence-electron chi connectivity index (χ0n) is 30.0. The number of aliphatic hydroxyl groups is 1. The van der Waals surface area contributed by atoms with Crippen LogP contribution in [0.5, 0.6) is 5.75 Å². The SMILES string of the molecule is CC(C)[C@@H]1NC(=O)[C@@H](CC(=O)C2(O)CCCCC2)Cc2ccc3c(c2)C24c5cccc(c5N[C@H]2O3)-c2cccc3[nH]cc(c23)-c2cnc(o2)-c2nc1oc24. The molecule has 1 fully saturated rings. The van der Waals surface area contributed by atoms with Gasteiger partial charge in [0.15, 0.2) is 29.2 Å². The average Bonchev–Trinajstić information content (AvgIpc) is 3.99. The molecule has 0 saturated heterocycles. The summed E-state index contributed by atoms with van der Waals surface area (Å²) >= 11 is 0. The number of hydrogen-bond acceptors (Lipinski definition) is 9. The monoisotopic (exact) mass is 721 g/mol. The molecule has 1 spiro atoms. The van der Waals surface area contributed by atoms with Crippen molar-refractivity contribution >= 4 is 28.3 Å². The maximum atomic E-state index is 14.4. The molecule has 3 aromatic carbocycles. The number of rotatable bonds is 4. The van der Waals surface area contributed by atoms with Crippen LogP contribution in [0.1, 0.15) is 86.8 Å². The first kappa shape index (κ1) is 31.8. The Morgan fingerprint density at radius 2 is 1.81 bits per heavy atom. The third-order valence-corrected chi connectivity index (χ3v) is 12.6. The molecule has 11 nitrogen and oxygen atoms in total. The number of ketones is 1. The number of ether oxygens (including phenoxy) is 1. The fourth-order valence-corrected chi connectivity index (χ4v) is 9.80. The van der Waals surface area contributed by atoms with Crippen LogP contribution in [0.2, 0.25) is 0 Å². The van der Waals surface area contributed by atoms with Crippen LogP contribution in [-0.2, 0) is 21.4 Å². The number of H-pyrrole nitrogens is 1. The topological polar surface area (TPSA) is 156 Å². The molecular formula is C43H39N5O6. The quantitative estimate of drug-likeness (QED) is 0.144. The van der Waals surface area contributed by atoms with Gasteiger partial charge >= 0.3 is 0 Å². The van der Waals surface area contributed by atoms with Crippen LogP contribution >= 0.6 is 0 Å². The van der Waals surface area contributed by atoms with Crippen molar-refractivity contribution in [1.82, 2.24) is 20.3 Å². The van der Waals surface area contributed by atoms with Crippen molar-refractivity contribution in [3.05, 3.63) is 95.3 Å². The number of carbonyl (C=O) groups is 2. The predicted octanol–water partition coefficient (Wildman–Crippen LogP) is 7.58. The van der Waals surface area contributed by atoms with E-state index >= 15 is 0 Å². The van der Waals surface area contributed by atoms with Crippen LogP contribution in [0.3, 0.4) is 0 Å². The van der Waals surface area contributed by atoms with E-state index in [4.69, 9.17) is 23.5 Å². The number of aromatic nitrogens is 3. The molecule has 11 rings (SSSR count).